The van der Waals surface area contributed by atoms with Gasteiger partial charge in [-0.3, -0.25) is 14.3 Å². The normalized spacial score (nSPS) is 18.5. The lowest BCUT2D eigenvalue weighted by molar-refractivity contribution is -0.134. The molecule has 1 saturated heterocycles. The van der Waals surface area contributed by atoms with Crippen LogP contribution in [0.1, 0.15) is 56.1 Å². The summed E-state index contributed by atoms with van der Waals surface area (Å²) in [6.07, 6.45) is -2.70. The molecule has 152 valence electrons. The fourth-order valence-corrected chi connectivity index (χ4v) is 3.01. The molecule has 0 saturated carbocycles. The number of carbonyl (C=O) groups excluding carboxylic acids is 2. The Kier molecular flexibility index (Phi) is 6.21. The van der Waals surface area contributed by atoms with Crippen molar-refractivity contribution in [3.8, 4) is 0 Å². The SMILES string of the molecule is Cn1cc(C(=O)N2CCCC(NC(=O)C(C)(C)C)C2)c(CCC(F)(F)F)n1. The third-order valence-corrected chi connectivity index (χ3v) is 4.51. The number of nitrogens with zero attached hydrogens (tertiary/aromatic N) is 3. The molecule has 2 heterocycles. The Morgan fingerprint density at radius 1 is 1.30 bits per heavy atom. The molecule has 2 amide bonds. The molecule has 1 aliphatic rings. The first-order chi connectivity index (χ1) is 12.4. The van der Waals surface area contributed by atoms with Crippen LogP contribution in [0, 0.1) is 5.41 Å². The molecule has 1 atom stereocenters. The highest BCUT2D eigenvalue weighted by molar-refractivity contribution is 5.95. The number of hydrogen-bond acceptors (Lipinski definition) is 3. The van der Waals surface area contributed by atoms with E-state index in [1.54, 1.807) is 11.9 Å². The summed E-state index contributed by atoms with van der Waals surface area (Å²) >= 11 is 0. The molecule has 2 rings (SSSR count). The quantitative estimate of drug-likeness (QED) is 0.862. The number of nitrogens with one attached hydrogen (secondary N) is 1. The van der Waals surface area contributed by atoms with Crippen LogP contribution in [0.25, 0.3) is 0 Å². The van der Waals surface area contributed by atoms with Crippen molar-refractivity contribution < 1.29 is 22.8 Å². The Balaban J connectivity index is 2.07. The van der Waals surface area contributed by atoms with Crippen molar-refractivity contribution in [2.24, 2.45) is 12.5 Å². The van der Waals surface area contributed by atoms with Crippen LogP contribution in [-0.2, 0) is 18.3 Å². The maximum Gasteiger partial charge on any atom is 0.389 e. The smallest absolute Gasteiger partial charge is 0.351 e. The van der Waals surface area contributed by atoms with Gasteiger partial charge in [-0.05, 0) is 12.8 Å². The molecule has 1 fully saturated rings. The van der Waals surface area contributed by atoms with E-state index >= 15 is 0 Å². The highest BCUT2D eigenvalue weighted by atomic mass is 19.4. The number of amides is 2. The van der Waals surface area contributed by atoms with Gasteiger partial charge in [0.05, 0.1) is 11.3 Å². The van der Waals surface area contributed by atoms with Crippen LogP contribution in [0.3, 0.4) is 0 Å². The number of alkyl halides is 3. The summed E-state index contributed by atoms with van der Waals surface area (Å²) < 4.78 is 39.0. The third kappa shape index (κ3) is 5.97. The van der Waals surface area contributed by atoms with E-state index in [2.05, 4.69) is 10.4 Å². The monoisotopic (exact) mass is 388 g/mol. The average molecular weight is 388 g/mol. The Labute approximate surface area is 157 Å². The van der Waals surface area contributed by atoms with Gasteiger partial charge >= 0.3 is 6.18 Å². The molecule has 27 heavy (non-hydrogen) atoms. The number of aryl methyl sites for hydroxylation is 2. The van der Waals surface area contributed by atoms with Gasteiger partial charge in [-0.25, -0.2) is 0 Å². The first-order valence-electron chi connectivity index (χ1n) is 9.06. The average Bonchev–Trinajstić information content (AvgIpc) is 2.92. The molecule has 1 aliphatic heterocycles. The lowest BCUT2D eigenvalue weighted by Crippen LogP contribution is -2.51. The largest absolute Gasteiger partial charge is 0.389 e. The van der Waals surface area contributed by atoms with Gasteiger partial charge in [0.2, 0.25) is 5.91 Å². The Morgan fingerprint density at radius 2 is 1.96 bits per heavy atom. The number of likely N-dealkylation sites (tertiary alicyclic amines) is 1. The van der Waals surface area contributed by atoms with E-state index < -0.39 is 18.0 Å². The van der Waals surface area contributed by atoms with Crippen molar-refractivity contribution in [1.29, 1.82) is 0 Å². The van der Waals surface area contributed by atoms with Crippen molar-refractivity contribution >= 4 is 11.8 Å². The third-order valence-electron chi connectivity index (χ3n) is 4.51. The number of piperidine rings is 1. The highest BCUT2D eigenvalue weighted by Gasteiger charge is 2.32. The summed E-state index contributed by atoms with van der Waals surface area (Å²) in [6.45, 7) is 6.30. The maximum atomic E-state index is 12.9. The molecule has 0 aromatic carbocycles. The van der Waals surface area contributed by atoms with E-state index in [1.165, 1.54) is 10.9 Å². The molecular weight excluding hydrogens is 361 g/mol. The molecule has 9 heteroatoms. The van der Waals surface area contributed by atoms with Crippen LogP contribution < -0.4 is 5.32 Å². The molecule has 0 spiro atoms. The maximum absolute atomic E-state index is 12.9. The van der Waals surface area contributed by atoms with E-state index in [1.807, 2.05) is 20.8 Å². The fourth-order valence-electron chi connectivity index (χ4n) is 3.01. The molecule has 1 N–H and O–H groups in total. The Morgan fingerprint density at radius 3 is 2.56 bits per heavy atom. The van der Waals surface area contributed by atoms with Crippen LogP contribution in [0.2, 0.25) is 0 Å². The molecular formula is C18H27F3N4O2. The number of halogens is 3. The van der Waals surface area contributed by atoms with Crippen LogP contribution in [0.5, 0.6) is 0 Å². The van der Waals surface area contributed by atoms with Gasteiger partial charge in [0.1, 0.15) is 0 Å². The summed E-state index contributed by atoms with van der Waals surface area (Å²) in [4.78, 5) is 26.6. The van der Waals surface area contributed by atoms with Crippen LogP contribution in [-0.4, -0.2) is 51.8 Å². The van der Waals surface area contributed by atoms with E-state index in [4.69, 9.17) is 0 Å². The minimum Gasteiger partial charge on any atom is -0.351 e. The van der Waals surface area contributed by atoms with Crippen molar-refractivity contribution in [2.45, 2.75) is 58.7 Å². The lowest BCUT2D eigenvalue weighted by Gasteiger charge is -2.34. The second kappa shape index (κ2) is 7.90. The molecule has 0 aliphatic carbocycles. The van der Waals surface area contributed by atoms with Gasteiger partial charge in [0, 0.05) is 50.6 Å². The Hall–Kier alpha value is -2.06. The number of carbonyl (C=O) groups is 2. The molecule has 0 radical (unpaired) electrons. The summed E-state index contributed by atoms with van der Waals surface area (Å²) in [5.41, 5.74) is -0.175. The van der Waals surface area contributed by atoms with Gasteiger partial charge in [-0.1, -0.05) is 20.8 Å². The number of aromatic nitrogens is 2. The zero-order valence-electron chi connectivity index (χ0n) is 16.2. The highest BCUT2D eigenvalue weighted by Crippen LogP contribution is 2.24. The van der Waals surface area contributed by atoms with Crippen molar-refractivity contribution in [1.82, 2.24) is 20.0 Å². The second-order valence-electron chi connectivity index (χ2n) is 8.09. The minimum absolute atomic E-state index is 0.0888. The predicted molar refractivity (Wildman–Crippen MR) is 94.1 cm³/mol. The van der Waals surface area contributed by atoms with Gasteiger partial charge < -0.3 is 10.2 Å². The Bertz CT molecular complexity index is 692. The topological polar surface area (TPSA) is 67.2 Å². The van der Waals surface area contributed by atoms with E-state index in [9.17, 15) is 22.8 Å². The first-order valence-corrected chi connectivity index (χ1v) is 9.06. The second-order valence-corrected chi connectivity index (χ2v) is 8.09. The molecule has 6 nitrogen and oxygen atoms in total. The van der Waals surface area contributed by atoms with Gasteiger partial charge in [0.25, 0.3) is 5.91 Å². The van der Waals surface area contributed by atoms with Crippen LogP contribution >= 0.6 is 0 Å². The van der Waals surface area contributed by atoms with E-state index in [0.29, 0.717) is 13.1 Å². The van der Waals surface area contributed by atoms with E-state index in [-0.39, 0.29) is 35.5 Å². The first kappa shape index (κ1) is 21.2. The van der Waals surface area contributed by atoms with Crippen molar-refractivity contribution in [2.75, 3.05) is 13.1 Å². The lowest BCUT2D eigenvalue weighted by atomic mass is 9.94. The predicted octanol–water partition coefficient (Wildman–Crippen LogP) is 2.68. The number of rotatable bonds is 4. The minimum atomic E-state index is -4.30. The zero-order chi connectivity index (χ0) is 20.4. The summed E-state index contributed by atoms with van der Waals surface area (Å²) in [6, 6.07) is -0.162. The molecule has 1 aromatic heterocycles. The van der Waals surface area contributed by atoms with Gasteiger partial charge in [0.15, 0.2) is 0 Å². The van der Waals surface area contributed by atoms with Gasteiger partial charge in [-0.15, -0.1) is 0 Å². The summed E-state index contributed by atoms with van der Waals surface area (Å²) in [5, 5.41) is 6.99. The van der Waals surface area contributed by atoms with Crippen molar-refractivity contribution in [3.63, 3.8) is 0 Å². The standard InChI is InChI=1S/C18H27F3N4O2/c1-17(2,3)16(27)22-12-6-5-9-25(10-12)15(26)13-11-24(4)23-14(13)7-8-18(19,20)21/h11-12H,5-10H2,1-4H3,(H,22,27). The summed E-state index contributed by atoms with van der Waals surface area (Å²) in [5.74, 6) is -0.427. The van der Waals surface area contributed by atoms with Crippen molar-refractivity contribution in [3.05, 3.63) is 17.5 Å². The van der Waals surface area contributed by atoms with Gasteiger partial charge in [-0.2, -0.15) is 18.3 Å². The summed E-state index contributed by atoms with van der Waals surface area (Å²) in [7, 11) is 1.58. The molecule has 1 unspecified atom stereocenters. The molecule has 1 aromatic rings. The fraction of sp³-hybridized carbons (Fsp3) is 0.722. The zero-order valence-corrected chi connectivity index (χ0v) is 16.2. The molecule has 0 bridgehead atoms. The van der Waals surface area contributed by atoms with Crippen LogP contribution in [0.15, 0.2) is 6.20 Å². The number of hydrogen-bond donors (Lipinski definition) is 1. The van der Waals surface area contributed by atoms with Crippen LogP contribution in [0.4, 0.5) is 13.2 Å². The van der Waals surface area contributed by atoms with E-state index in [0.717, 1.165) is 12.8 Å².